The first-order valence-electron chi connectivity index (χ1n) is 9.20. The van der Waals surface area contributed by atoms with E-state index in [1.54, 1.807) is 6.07 Å². The van der Waals surface area contributed by atoms with E-state index in [0.29, 0.717) is 16.7 Å². The van der Waals surface area contributed by atoms with Gasteiger partial charge >= 0.3 is 5.97 Å². The summed E-state index contributed by atoms with van der Waals surface area (Å²) < 4.78 is 5.67. The van der Waals surface area contributed by atoms with E-state index in [-0.39, 0.29) is 18.5 Å². The largest absolute Gasteiger partial charge is 0.460 e. The Bertz CT molecular complexity index is 1110. The Morgan fingerprint density at radius 2 is 1.48 bits per heavy atom. The van der Waals surface area contributed by atoms with Crippen LogP contribution < -0.4 is 11.5 Å². The zero-order chi connectivity index (χ0) is 20.2. The molecule has 3 aromatic carbocycles. The standard InChI is InChI=1S/C23H20N4O2/c24-21-18-13-15(11-12-19(18)26-23(25)27-21)14-29-22(28)20(16-7-3-1-4-8-16)17-9-5-2-6-10-17/h1-13,20H,14H2,(H4,24,25,26,27). The summed E-state index contributed by atoms with van der Waals surface area (Å²) in [6, 6.07) is 24.6. The van der Waals surface area contributed by atoms with Gasteiger partial charge in [-0.1, -0.05) is 66.7 Å². The van der Waals surface area contributed by atoms with Gasteiger partial charge in [-0.2, -0.15) is 4.98 Å². The molecule has 0 aliphatic carbocycles. The second-order valence-electron chi connectivity index (χ2n) is 6.68. The SMILES string of the molecule is Nc1nc(N)c2cc(COC(=O)C(c3ccccc3)c3ccccc3)ccc2n1. The molecule has 0 fully saturated rings. The van der Waals surface area contributed by atoms with Crippen molar-refractivity contribution in [2.45, 2.75) is 12.5 Å². The molecule has 144 valence electrons. The van der Waals surface area contributed by atoms with E-state index in [9.17, 15) is 4.79 Å². The smallest absolute Gasteiger partial charge is 0.318 e. The minimum Gasteiger partial charge on any atom is -0.460 e. The van der Waals surface area contributed by atoms with Crippen LogP contribution >= 0.6 is 0 Å². The highest BCUT2D eigenvalue weighted by molar-refractivity contribution is 5.89. The Morgan fingerprint density at radius 3 is 2.10 bits per heavy atom. The number of ether oxygens (including phenoxy) is 1. The number of hydrogen-bond acceptors (Lipinski definition) is 6. The second-order valence-corrected chi connectivity index (χ2v) is 6.68. The molecule has 0 atom stereocenters. The molecule has 0 unspecified atom stereocenters. The molecule has 0 bridgehead atoms. The molecule has 6 nitrogen and oxygen atoms in total. The fourth-order valence-electron chi connectivity index (χ4n) is 3.30. The van der Waals surface area contributed by atoms with Gasteiger partial charge in [0.25, 0.3) is 0 Å². The van der Waals surface area contributed by atoms with Gasteiger partial charge in [-0.15, -0.1) is 0 Å². The molecule has 4 aromatic rings. The molecule has 1 heterocycles. The number of esters is 1. The van der Waals surface area contributed by atoms with E-state index in [4.69, 9.17) is 16.2 Å². The number of carbonyl (C=O) groups is 1. The summed E-state index contributed by atoms with van der Waals surface area (Å²) >= 11 is 0. The monoisotopic (exact) mass is 384 g/mol. The highest BCUT2D eigenvalue weighted by Gasteiger charge is 2.24. The quantitative estimate of drug-likeness (QED) is 0.509. The number of fused-ring (bicyclic) bond motifs is 1. The minimum atomic E-state index is -0.494. The molecular weight excluding hydrogens is 364 g/mol. The van der Waals surface area contributed by atoms with Crippen LogP contribution in [0.4, 0.5) is 11.8 Å². The maximum atomic E-state index is 13.0. The minimum absolute atomic E-state index is 0.120. The summed E-state index contributed by atoms with van der Waals surface area (Å²) in [4.78, 5) is 21.1. The predicted octanol–water partition coefficient (Wildman–Crippen LogP) is 3.67. The van der Waals surface area contributed by atoms with Crippen molar-refractivity contribution in [3.63, 3.8) is 0 Å². The van der Waals surface area contributed by atoms with Crippen LogP contribution in [0.25, 0.3) is 10.9 Å². The molecule has 0 saturated heterocycles. The third-order valence-corrected chi connectivity index (χ3v) is 4.69. The van der Waals surface area contributed by atoms with Gasteiger partial charge in [-0.3, -0.25) is 4.79 Å². The molecule has 0 aliphatic heterocycles. The van der Waals surface area contributed by atoms with E-state index >= 15 is 0 Å². The first kappa shape index (κ1) is 18.4. The fourth-order valence-corrected chi connectivity index (χ4v) is 3.30. The molecule has 4 rings (SSSR count). The molecule has 6 heteroatoms. The maximum Gasteiger partial charge on any atom is 0.318 e. The molecule has 29 heavy (non-hydrogen) atoms. The second kappa shape index (κ2) is 7.98. The van der Waals surface area contributed by atoms with E-state index in [1.807, 2.05) is 72.8 Å². The summed E-state index contributed by atoms with van der Waals surface area (Å²) in [5.74, 6) is -0.384. The number of nitrogens with zero attached hydrogens (tertiary/aromatic N) is 2. The van der Waals surface area contributed by atoms with Crippen LogP contribution in [0.1, 0.15) is 22.6 Å². The molecule has 0 saturated carbocycles. The Hall–Kier alpha value is -3.93. The molecule has 0 spiro atoms. The lowest BCUT2D eigenvalue weighted by atomic mass is 9.91. The van der Waals surface area contributed by atoms with Crippen molar-refractivity contribution in [2.24, 2.45) is 0 Å². The summed E-state index contributed by atoms with van der Waals surface area (Å²) in [6.07, 6.45) is 0. The first-order valence-corrected chi connectivity index (χ1v) is 9.20. The zero-order valence-electron chi connectivity index (χ0n) is 15.7. The number of nitrogens with two attached hydrogens (primary N) is 2. The third-order valence-electron chi connectivity index (χ3n) is 4.69. The van der Waals surface area contributed by atoms with Crippen LogP contribution in [0.5, 0.6) is 0 Å². The number of benzene rings is 3. The Morgan fingerprint density at radius 1 is 0.862 bits per heavy atom. The van der Waals surface area contributed by atoms with Gasteiger partial charge in [-0.25, -0.2) is 4.98 Å². The third kappa shape index (κ3) is 4.01. The normalized spacial score (nSPS) is 10.9. The number of aromatic nitrogens is 2. The van der Waals surface area contributed by atoms with Gasteiger partial charge in [-0.05, 0) is 28.8 Å². The maximum absolute atomic E-state index is 13.0. The number of anilines is 2. The van der Waals surface area contributed by atoms with Gasteiger partial charge in [0.15, 0.2) is 0 Å². The van der Waals surface area contributed by atoms with Gasteiger partial charge in [0.1, 0.15) is 18.3 Å². The van der Waals surface area contributed by atoms with E-state index in [2.05, 4.69) is 9.97 Å². The molecule has 0 amide bonds. The number of hydrogen-bond donors (Lipinski definition) is 2. The first-order chi connectivity index (χ1) is 14.1. The molecule has 1 aromatic heterocycles. The van der Waals surface area contributed by atoms with Crippen molar-refractivity contribution in [1.82, 2.24) is 9.97 Å². The van der Waals surface area contributed by atoms with Crippen LogP contribution in [0, 0.1) is 0 Å². The number of rotatable bonds is 5. The van der Waals surface area contributed by atoms with Gasteiger partial charge < -0.3 is 16.2 Å². The fraction of sp³-hybridized carbons (Fsp3) is 0.0870. The average Bonchev–Trinajstić information content (AvgIpc) is 2.74. The van der Waals surface area contributed by atoms with E-state index in [1.165, 1.54) is 0 Å². The van der Waals surface area contributed by atoms with Crippen molar-refractivity contribution >= 4 is 28.6 Å². The Labute approximate surface area is 168 Å². The van der Waals surface area contributed by atoms with Crippen molar-refractivity contribution in [1.29, 1.82) is 0 Å². The van der Waals surface area contributed by atoms with E-state index in [0.717, 1.165) is 16.7 Å². The number of nitrogen functional groups attached to an aromatic ring is 2. The molecule has 0 aliphatic rings. The topological polar surface area (TPSA) is 104 Å². The van der Waals surface area contributed by atoms with Gasteiger partial charge in [0.05, 0.1) is 5.52 Å². The number of carbonyl (C=O) groups excluding carboxylic acids is 1. The van der Waals surface area contributed by atoms with Crippen molar-refractivity contribution in [3.8, 4) is 0 Å². The van der Waals surface area contributed by atoms with Crippen molar-refractivity contribution in [2.75, 3.05) is 11.5 Å². The van der Waals surface area contributed by atoms with Crippen LogP contribution in [0.15, 0.2) is 78.9 Å². The summed E-state index contributed by atoms with van der Waals surface area (Å²) in [5.41, 5.74) is 14.8. The van der Waals surface area contributed by atoms with Gasteiger partial charge in [0, 0.05) is 5.39 Å². The van der Waals surface area contributed by atoms with E-state index < -0.39 is 5.92 Å². The van der Waals surface area contributed by atoms with Crippen LogP contribution in [-0.2, 0) is 16.1 Å². The van der Waals surface area contributed by atoms with Gasteiger partial charge in [0.2, 0.25) is 5.95 Å². The Balaban J connectivity index is 1.58. The lowest BCUT2D eigenvalue weighted by molar-refractivity contribution is -0.145. The van der Waals surface area contributed by atoms with Crippen LogP contribution in [0.3, 0.4) is 0 Å². The molecule has 0 radical (unpaired) electrons. The molecular formula is C23H20N4O2. The average molecular weight is 384 g/mol. The highest BCUT2D eigenvalue weighted by Crippen LogP contribution is 2.27. The zero-order valence-corrected chi connectivity index (χ0v) is 15.7. The van der Waals surface area contributed by atoms with Crippen molar-refractivity contribution in [3.05, 3.63) is 95.6 Å². The molecule has 4 N–H and O–H groups in total. The lowest BCUT2D eigenvalue weighted by Crippen LogP contribution is -2.17. The summed E-state index contributed by atoms with van der Waals surface area (Å²) in [6.45, 7) is 0.120. The summed E-state index contributed by atoms with van der Waals surface area (Å²) in [7, 11) is 0. The van der Waals surface area contributed by atoms with Crippen LogP contribution in [-0.4, -0.2) is 15.9 Å². The van der Waals surface area contributed by atoms with Crippen molar-refractivity contribution < 1.29 is 9.53 Å². The predicted molar refractivity (Wildman–Crippen MR) is 113 cm³/mol. The van der Waals surface area contributed by atoms with Crippen LogP contribution in [0.2, 0.25) is 0 Å². The highest BCUT2D eigenvalue weighted by atomic mass is 16.5. The Kier molecular flexibility index (Phi) is 5.07. The lowest BCUT2D eigenvalue weighted by Gasteiger charge is -2.17. The summed E-state index contributed by atoms with van der Waals surface area (Å²) in [5, 5.41) is 0.676.